The average Bonchev–Trinajstić information content (AvgIpc) is 1.88. The van der Waals surface area contributed by atoms with Crippen LogP contribution in [0.15, 0.2) is 11.1 Å². The van der Waals surface area contributed by atoms with Gasteiger partial charge in [-0.15, -0.1) is 0 Å². The first kappa shape index (κ1) is 7.60. The highest BCUT2D eigenvalue weighted by Gasteiger charge is 2.12. The van der Waals surface area contributed by atoms with Crippen LogP contribution in [-0.2, 0) is 9.84 Å². The van der Waals surface area contributed by atoms with Crippen molar-refractivity contribution in [3.05, 3.63) is 11.1 Å². The molecule has 4 heteroatoms. The number of allylic oxidation sites excluding steroid dienone is 1. The molecule has 1 heterocycles. The lowest BCUT2D eigenvalue weighted by molar-refractivity contribution is 0.600. The first-order valence-electron chi connectivity index (χ1n) is 3.23. The zero-order valence-corrected chi connectivity index (χ0v) is 6.74. The summed E-state index contributed by atoms with van der Waals surface area (Å²) in [5.41, 5.74) is 0. The molecular weight excluding hydrogens is 150 g/mol. The summed E-state index contributed by atoms with van der Waals surface area (Å²) in [4.78, 5) is 0.527. The molecule has 1 rings (SSSR count). The van der Waals surface area contributed by atoms with Crippen LogP contribution < -0.4 is 5.32 Å². The van der Waals surface area contributed by atoms with E-state index in [1.165, 1.54) is 6.26 Å². The Hall–Kier alpha value is -0.510. The smallest absolute Gasteiger partial charge is 0.173 e. The summed E-state index contributed by atoms with van der Waals surface area (Å²) in [5.74, 6) is 0. The Balaban J connectivity index is 2.82. The number of sulfone groups is 1. The Kier molecular flexibility index (Phi) is 1.99. The van der Waals surface area contributed by atoms with Crippen LogP contribution in [0.5, 0.6) is 0 Å². The first-order chi connectivity index (χ1) is 4.61. The summed E-state index contributed by atoms with van der Waals surface area (Å²) in [6, 6.07) is 0. The minimum Gasteiger partial charge on any atom is -0.390 e. The number of rotatable bonds is 1. The van der Waals surface area contributed by atoms with Crippen LogP contribution in [0, 0.1) is 0 Å². The Morgan fingerprint density at radius 2 is 2.30 bits per heavy atom. The van der Waals surface area contributed by atoms with Gasteiger partial charge in [0.2, 0.25) is 0 Å². The van der Waals surface area contributed by atoms with E-state index in [4.69, 9.17) is 0 Å². The molecule has 58 valence electrons. The van der Waals surface area contributed by atoms with Crippen LogP contribution in [-0.4, -0.2) is 21.2 Å². The highest BCUT2D eigenvalue weighted by molar-refractivity contribution is 7.94. The molecule has 0 spiro atoms. The monoisotopic (exact) mass is 161 g/mol. The molecule has 0 aliphatic carbocycles. The average molecular weight is 161 g/mol. The van der Waals surface area contributed by atoms with Crippen molar-refractivity contribution in [1.29, 1.82) is 0 Å². The van der Waals surface area contributed by atoms with Gasteiger partial charge < -0.3 is 5.32 Å². The molecule has 0 unspecified atom stereocenters. The maximum absolute atomic E-state index is 10.9. The van der Waals surface area contributed by atoms with Gasteiger partial charge in [-0.3, -0.25) is 0 Å². The molecule has 1 aliphatic rings. The van der Waals surface area contributed by atoms with Crippen molar-refractivity contribution in [1.82, 2.24) is 5.32 Å². The third-order valence-corrected chi connectivity index (χ3v) is 2.76. The molecule has 0 aromatic rings. The van der Waals surface area contributed by atoms with E-state index < -0.39 is 9.84 Å². The molecule has 0 saturated heterocycles. The molecule has 0 bridgehead atoms. The van der Waals surface area contributed by atoms with Crippen molar-refractivity contribution in [2.75, 3.05) is 12.8 Å². The second kappa shape index (κ2) is 2.62. The molecule has 0 amide bonds. The lowest BCUT2D eigenvalue weighted by atomic mass is 10.2. The summed E-state index contributed by atoms with van der Waals surface area (Å²) in [7, 11) is -2.93. The summed E-state index contributed by atoms with van der Waals surface area (Å²) >= 11 is 0. The Labute approximate surface area is 61.0 Å². The van der Waals surface area contributed by atoms with Crippen LogP contribution >= 0.6 is 0 Å². The van der Waals surface area contributed by atoms with Crippen LogP contribution in [0.3, 0.4) is 0 Å². The molecule has 0 aromatic carbocycles. The Morgan fingerprint density at radius 3 is 2.60 bits per heavy atom. The summed E-state index contributed by atoms with van der Waals surface area (Å²) in [6.07, 6.45) is 4.44. The molecule has 0 atom stereocenters. The summed E-state index contributed by atoms with van der Waals surface area (Å²) < 4.78 is 21.8. The lowest BCUT2D eigenvalue weighted by Crippen LogP contribution is -2.17. The minimum atomic E-state index is -2.93. The van der Waals surface area contributed by atoms with Gasteiger partial charge in [0.1, 0.15) is 0 Å². The second-order valence-electron chi connectivity index (χ2n) is 2.44. The van der Waals surface area contributed by atoms with E-state index in [-0.39, 0.29) is 0 Å². The van der Waals surface area contributed by atoms with Gasteiger partial charge >= 0.3 is 0 Å². The topological polar surface area (TPSA) is 46.2 Å². The normalized spacial score (nSPS) is 19.5. The minimum absolute atomic E-state index is 0.527. The Morgan fingerprint density at radius 1 is 1.60 bits per heavy atom. The van der Waals surface area contributed by atoms with Crippen LogP contribution in [0.1, 0.15) is 12.8 Å². The van der Waals surface area contributed by atoms with E-state index in [9.17, 15) is 8.42 Å². The van der Waals surface area contributed by atoms with Gasteiger partial charge in [-0.1, -0.05) is 0 Å². The van der Waals surface area contributed by atoms with Crippen LogP contribution in [0.25, 0.3) is 0 Å². The van der Waals surface area contributed by atoms with Crippen molar-refractivity contribution in [3.63, 3.8) is 0 Å². The fourth-order valence-corrected chi connectivity index (χ4v) is 1.73. The van der Waals surface area contributed by atoms with Crippen molar-refractivity contribution in [2.45, 2.75) is 12.8 Å². The highest BCUT2D eigenvalue weighted by Crippen LogP contribution is 2.13. The largest absolute Gasteiger partial charge is 0.390 e. The molecular formula is C6H11NO2S. The van der Waals surface area contributed by atoms with Gasteiger partial charge in [0.25, 0.3) is 0 Å². The summed E-state index contributed by atoms with van der Waals surface area (Å²) in [5, 5.41) is 2.90. The quantitative estimate of drug-likeness (QED) is 0.600. The molecule has 0 radical (unpaired) electrons. The third kappa shape index (κ3) is 1.73. The SMILES string of the molecule is CS(=O)(=O)C1=CNCCC1. The second-order valence-corrected chi connectivity index (χ2v) is 4.51. The molecule has 1 aliphatic heterocycles. The van der Waals surface area contributed by atoms with Gasteiger partial charge in [0.15, 0.2) is 9.84 Å². The molecule has 3 nitrogen and oxygen atoms in total. The Bertz CT molecular complexity index is 240. The van der Waals surface area contributed by atoms with E-state index in [1.54, 1.807) is 6.20 Å². The number of hydrogen-bond donors (Lipinski definition) is 1. The predicted molar refractivity (Wildman–Crippen MR) is 40.2 cm³/mol. The zero-order chi connectivity index (χ0) is 7.61. The molecule has 0 saturated carbocycles. The third-order valence-electron chi connectivity index (χ3n) is 1.48. The predicted octanol–water partition coefficient (Wildman–Crippen LogP) is 0.256. The highest BCUT2D eigenvalue weighted by atomic mass is 32.2. The molecule has 0 aromatic heterocycles. The lowest BCUT2D eigenvalue weighted by Gasteiger charge is -2.11. The maximum Gasteiger partial charge on any atom is 0.173 e. The van der Waals surface area contributed by atoms with Crippen molar-refractivity contribution in [3.8, 4) is 0 Å². The van der Waals surface area contributed by atoms with Crippen LogP contribution in [0.4, 0.5) is 0 Å². The first-order valence-corrected chi connectivity index (χ1v) is 5.12. The fraction of sp³-hybridized carbons (Fsp3) is 0.667. The summed E-state index contributed by atoms with van der Waals surface area (Å²) in [6.45, 7) is 0.888. The van der Waals surface area contributed by atoms with E-state index >= 15 is 0 Å². The van der Waals surface area contributed by atoms with Gasteiger partial charge in [0.05, 0.1) is 4.91 Å². The fourth-order valence-electron chi connectivity index (χ4n) is 0.915. The van der Waals surface area contributed by atoms with Gasteiger partial charge in [-0.25, -0.2) is 8.42 Å². The van der Waals surface area contributed by atoms with E-state index in [2.05, 4.69) is 5.32 Å². The van der Waals surface area contributed by atoms with Gasteiger partial charge in [-0.05, 0) is 12.8 Å². The van der Waals surface area contributed by atoms with Crippen molar-refractivity contribution in [2.24, 2.45) is 0 Å². The van der Waals surface area contributed by atoms with Crippen molar-refractivity contribution >= 4 is 9.84 Å². The van der Waals surface area contributed by atoms with Crippen molar-refractivity contribution < 1.29 is 8.42 Å². The van der Waals surface area contributed by atoms with Gasteiger partial charge in [-0.2, -0.15) is 0 Å². The standard InChI is InChI=1S/C6H11NO2S/c1-10(8,9)6-3-2-4-7-5-6/h5,7H,2-4H2,1H3. The number of hydrogen-bond acceptors (Lipinski definition) is 3. The van der Waals surface area contributed by atoms with Gasteiger partial charge in [0, 0.05) is 19.0 Å². The molecule has 1 N–H and O–H groups in total. The molecule has 10 heavy (non-hydrogen) atoms. The van der Waals surface area contributed by atoms with Crippen LogP contribution in [0.2, 0.25) is 0 Å². The van der Waals surface area contributed by atoms with E-state index in [0.29, 0.717) is 11.3 Å². The number of nitrogens with one attached hydrogen (secondary N) is 1. The maximum atomic E-state index is 10.9. The van der Waals surface area contributed by atoms with E-state index in [1.807, 2.05) is 0 Å². The molecule has 0 fully saturated rings. The zero-order valence-electron chi connectivity index (χ0n) is 5.92. The van der Waals surface area contributed by atoms with E-state index in [0.717, 1.165) is 13.0 Å².